The van der Waals surface area contributed by atoms with Crippen molar-refractivity contribution in [3.05, 3.63) is 12.1 Å². The Balaban J connectivity index is 2.05. The Morgan fingerprint density at radius 3 is 2.10 bits per heavy atom. The summed E-state index contributed by atoms with van der Waals surface area (Å²) in [6.45, 7) is 3.12. The molecule has 0 radical (unpaired) electrons. The van der Waals surface area contributed by atoms with E-state index in [0.717, 1.165) is 25.1 Å². The van der Waals surface area contributed by atoms with Crippen LogP contribution in [0.4, 0.5) is 0 Å². The molecule has 1 N–H and O–H groups in total. The van der Waals surface area contributed by atoms with E-state index in [1.54, 1.807) is 21.3 Å². The van der Waals surface area contributed by atoms with Crippen LogP contribution in [0, 0.1) is 0 Å². The zero-order valence-electron chi connectivity index (χ0n) is 12.6. The third kappa shape index (κ3) is 3.10. The highest BCUT2D eigenvalue weighted by Crippen LogP contribution is 2.41. The first-order chi connectivity index (χ1) is 9.71. The van der Waals surface area contributed by atoms with Crippen molar-refractivity contribution in [3.8, 4) is 23.0 Å². The summed E-state index contributed by atoms with van der Waals surface area (Å²) in [6, 6.07) is 4.25. The van der Waals surface area contributed by atoms with Gasteiger partial charge in [-0.15, -0.1) is 0 Å². The van der Waals surface area contributed by atoms with Gasteiger partial charge in [-0.3, -0.25) is 0 Å². The molecule has 0 aromatic heterocycles. The van der Waals surface area contributed by atoms with Crippen LogP contribution in [0.2, 0.25) is 0 Å². The zero-order chi connectivity index (χ0) is 14.5. The van der Waals surface area contributed by atoms with Gasteiger partial charge in [0.1, 0.15) is 11.9 Å². The first kappa shape index (κ1) is 14.8. The molecule has 0 saturated heterocycles. The van der Waals surface area contributed by atoms with Gasteiger partial charge in [0.15, 0.2) is 11.5 Å². The molecule has 1 aliphatic rings. The molecule has 0 atom stereocenters. The van der Waals surface area contributed by atoms with Crippen molar-refractivity contribution in [2.24, 2.45) is 0 Å². The van der Waals surface area contributed by atoms with Crippen LogP contribution in [0.1, 0.15) is 19.8 Å². The molecule has 1 fully saturated rings. The Labute approximate surface area is 120 Å². The lowest BCUT2D eigenvalue weighted by atomic mass is 9.89. The average Bonchev–Trinajstić information content (AvgIpc) is 2.43. The molecule has 1 aromatic rings. The topological polar surface area (TPSA) is 49.0 Å². The molecule has 0 amide bonds. The third-order valence-corrected chi connectivity index (χ3v) is 3.53. The van der Waals surface area contributed by atoms with Gasteiger partial charge in [0.25, 0.3) is 0 Å². The summed E-state index contributed by atoms with van der Waals surface area (Å²) in [6.07, 6.45) is 2.32. The maximum atomic E-state index is 5.96. The fraction of sp³-hybridized carbons (Fsp3) is 0.600. The molecule has 0 unspecified atom stereocenters. The van der Waals surface area contributed by atoms with E-state index in [2.05, 4.69) is 12.2 Å². The minimum atomic E-state index is 0.252. The number of ether oxygens (including phenoxy) is 4. The van der Waals surface area contributed by atoms with Crippen molar-refractivity contribution < 1.29 is 18.9 Å². The molecule has 0 spiro atoms. The summed E-state index contributed by atoms with van der Waals surface area (Å²) in [5.74, 6) is 2.56. The predicted molar refractivity (Wildman–Crippen MR) is 77.2 cm³/mol. The van der Waals surface area contributed by atoms with Crippen molar-refractivity contribution in [1.82, 2.24) is 5.32 Å². The summed E-state index contributed by atoms with van der Waals surface area (Å²) >= 11 is 0. The smallest absolute Gasteiger partial charge is 0.203 e. The molecule has 5 nitrogen and oxygen atoms in total. The van der Waals surface area contributed by atoms with E-state index >= 15 is 0 Å². The second-order valence-corrected chi connectivity index (χ2v) is 4.83. The maximum absolute atomic E-state index is 5.96. The largest absolute Gasteiger partial charge is 0.493 e. The number of rotatable bonds is 7. The van der Waals surface area contributed by atoms with Gasteiger partial charge >= 0.3 is 0 Å². The second kappa shape index (κ2) is 6.70. The fourth-order valence-corrected chi connectivity index (χ4v) is 2.43. The van der Waals surface area contributed by atoms with E-state index < -0.39 is 0 Å². The van der Waals surface area contributed by atoms with Gasteiger partial charge in [-0.25, -0.2) is 0 Å². The van der Waals surface area contributed by atoms with Gasteiger partial charge in [0.2, 0.25) is 5.75 Å². The normalized spacial score (nSPS) is 21.0. The molecule has 1 aliphatic carbocycles. The van der Waals surface area contributed by atoms with Crippen LogP contribution in [-0.2, 0) is 0 Å². The van der Waals surface area contributed by atoms with Crippen molar-refractivity contribution >= 4 is 0 Å². The quantitative estimate of drug-likeness (QED) is 0.830. The Kier molecular flexibility index (Phi) is 4.95. The standard InChI is InChI=1S/C15H23NO4/c1-5-16-10-6-11(7-10)20-12-8-13(17-2)15(19-4)14(9-12)18-3/h8-11,16H,5-7H2,1-4H3. The van der Waals surface area contributed by atoms with E-state index in [1.807, 2.05) is 12.1 Å². The molecule has 0 aliphatic heterocycles. The predicted octanol–water partition coefficient (Wildman–Crippen LogP) is 2.23. The summed E-state index contributed by atoms with van der Waals surface area (Å²) < 4.78 is 21.9. The van der Waals surface area contributed by atoms with Crippen LogP contribution >= 0.6 is 0 Å². The van der Waals surface area contributed by atoms with Crippen LogP contribution in [0.3, 0.4) is 0 Å². The molecule has 112 valence electrons. The number of hydrogen-bond acceptors (Lipinski definition) is 5. The first-order valence-electron chi connectivity index (χ1n) is 6.91. The molecule has 2 rings (SSSR count). The average molecular weight is 281 g/mol. The van der Waals surface area contributed by atoms with Crippen LogP contribution in [0.5, 0.6) is 23.0 Å². The molecule has 0 heterocycles. The highest BCUT2D eigenvalue weighted by molar-refractivity contribution is 5.55. The van der Waals surface area contributed by atoms with E-state index in [9.17, 15) is 0 Å². The van der Waals surface area contributed by atoms with Crippen LogP contribution in [0.15, 0.2) is 12.1 Å². The Morgan fingerprint density at radius 1 is 1.05 bits per heavy atom. The van der Waals surface area contributed by atoms with Gasteiger partial charge in [0.05, 0.1) is 21.3 Å². The molecule has 20 heavy (non-hydrogen) atoms. The first-order valence-corrected chi connectivity index (χ1v) is 6.91. The van der Waals surface area contributed by atoms with Crippen molar-refractivity contribution in [2.45, 2.75) is 31.9 Å². The van der Waals surface area contributed by atoms with Crippen LogP contribution in [-0.4, -0.2) is 40.0 Å². The Morgan fingerprint density at radius 2 is 1.65 bits per heavy atom. The SMILES string of the molecule is CCNC1CC(Oc2cc(OC)c(OC)c(OC)c2)C1. The number of hydrogen-bond donors (Lipinski definition) is 1. The summed E-state index contributed by atoms with van der Waals surface area (Å²) in [4.78, 5) is 0. The summed E-state index contributed by atoms with van der Waals surface area (Å²) in [5, 5.41) is 3.41. The van der Waals surface area contributed by atoms with E-state index in [1.165, 1.54) is 0 Å². The lowest BCUT2D eigenvalue weighted by Gasteiger charge is -2.35. The Bertz CT molecular complexity index is 418. The van der Waals surface area contributed by atoms with Gasteiger partial charge in [0, 0.05) is 18.2 Å². The summed E-state index contributed by atoms with van der Waals surface area (Å²) in [5.41, 5.74) is 0. The monoisotopic (exact) mass is 281 g/mol. The molecular weight excluding hydrogens is 258 g/mol. The second-order valence-electron chi connectivity index (χ2n) is 4.83. The molecular formula is C15H23NO4. The van der Waals surface area contributed by atoms with Gasteiger partial charge in [-0.05, 0) is 19.4 Å². The lowest BCUT2D eigenvalue weighted by Crippen LogP contribution is -2.46. The maximum Gasteiger partial charge on any atom is 0.203 e. The van der Waals surface area contributed by atoms with Crippen molar-refractivity contribution in [3.63, 3.8) is 0 Å². The van der Waals surface area contributed by atoms with Crippen LogP contribution < -0.4 is 24.3 Å². The van der Waals surface area contributed by atoms with E-state index in [0.29, 0.717) is 23.3 Å². The minimum Gasteiger partial charge on any atom is -0.493 e. The van der Waals surface area contributed by atoms with Gasteiger partial charge in [-0.1, -0.05) is 6.92 Å². The van der Waals surface area contributed by atoms with Crippen molar-refractivity contribution in [1.29, 1.82) is 0 Å². The fourth-order valence-electron chi connectivity index (χ4n) is 2.43. The third-order valence-electron chi connectivity index (χ3n) is 3.53. The van der Waals surface area contributed by atoms with Gasteiger partial charge < -0.3 is 24.3 Å². The molecule has 0 bridgehead atoms. The molecule has 5 heteroatoms. The summed E-state index contributed by atoms with van der Waals surface area (Å²) in [7, 11) is 4.80. The zero-order valence-corrected chi connectivity index (χ0v) is 12.6. The number of benzene rings is 1. The van der Waals surface area contributed by atoms with Crippen LogP contribution in [0.25, 0.3) is 0 Å². The lowest BCUT2D eigenvalue weighted by molar-refractivity contribution is 0.0853. The van der Waals surface area contributed by atoms with Gasteiger partial charge in [-0.2, -0.15) is 0 Å². The van der Waals surface area contributed by atoms with E-state index in [-0.39, 0.29) is 6.10 Å². The highest BCUT2D eigenvalue weighted by Gasteiger charge is 2.30. The van der Waals surface area contributed by atoms with Crippen molar-refractivity contribution in [2.75, 3.05) is 27.9 Å². The highest BCUT2D eigenvalue weighted by atomic mass is 16.5. The number of methoxy groups -OCH3 is 3. The number of nitrogens with one attached hydrogen (secondary N) is 1. The molecule has 1 aromatic carbocycles. The Hall–Kier alpha value is -1.62. The molecule has 1 saturated carbocycles. The van der Waals surface area contributed by atoms with E-state index in [4.69, 9.17) is 18.9 Å². The minimum absolute atomic E-state index is 0.252.